The summed E-state index contributed by atoms with van der Waals surface area (Å²) >= 11 is 0. The van der Waals surface area contributed by atoms with Gasteiger partial charge in [0.15, 0.2) is 0 Å². The van der Waals surface area contributed by atoms with Gasteiger partial charge in [-0.05, 0) is 43.3 Å². The van der Waals surface area contributed by atoms with E-state index in [1.807, 2.05) is 55.6 Å². The van der Waals surface area contributed by atoms with Crippen molar-refractivity contribution in [3.63, 3.8) is 0 Å². The Morgan fingerprint density at radius 3 is 2.45 bits per heavy atom. The Kier molecular flexibility index (Phi) is 3.25. The van der Waals surface area contributed by atoms with Gasteiger partial charge in [-0.1, -0.05) is 17.7 Å². The first kappa shape index (κ1) is 12.5. The number of pyridine rings is 1. The Labute approximate surface area is 118 Å². The van der Waals surface area contributed by atoms with Gasteiger partial charge in [-0.25, -0.2) is 0 Å². The zero-order valence-corrected chi connectivity index (χ0v) is 11.6. The fourth-order valence-corrected chi connectivity index (χ4v) is 2.15. The summed E-state index contributed by atoms with van der Waals surface area (Å²) in [7, 11) is 1.91. The molecule has 0 radical (unpaired) electrons. The van der Waals surface area contributed by atoms with Crippen LogP contribution in [-0.4, -0.2) is 12.0 Å². The van der Waals surface area contributed by atoms with Gasteiger partial charge in [-0.3, -0.25) is 4.98 Å². The molecule has 0 saturated carbocycles. The Bertz CT molecular complexity index is 736. The average molecular weight is 264 g/mol. The average Bonchev–Trinajstić information content (AvgIpc) is 2.49. The van der Waals surface area contributed by atoms with Crippen LogP contribution in [0.15, 0.2) is 54.7 Å². The highest BCUT2D eigenvalue weighted by Gasteiger charge is 2.03. The van der Waals surface area contributed by atoms with Crippen molar-refractivity contribution < 1.29 is 4.74 Å². The normalized spacial score (nSPS) is 10.5. The topological polar surface area (TPSA) is 34.2 Å². The molecule has 0 aliphatic rings. The number of hydrogen-bond acceptors (Lipinski definition) is 3. The number of benzene rings is 2. The van der Waals surface area contributed by atoms with Crippen LogP contribution in [0.1, 0.15) is 5.56 Å². The first-order valence-electron chi connectivity index (χ1n) is 6.57. The highest BCUT2D eigenvalue weighted by atomic mass is 16.5. The van der Waals surface area contributed by atoms with E-state index in [-0.39, 0.29) is 0 Å². The lowest BCUT2D eigenvalue weighted by Gasteiger charge is -2.09. The number of ether oxygens (including phenoxy) is 1. The van der Waals surface area contributed by atoms with Crippen LogP contribution in [0.4, 0.5) is 5.69 Å². The minimum absolute atomic E-state index is 0.811. The molecule has 0 unspecified atom stereocenters. The summed E-state index contributed by atoms with van der Waals surface area (Å²) in [6.07, 6.45) is 1.80. The number of hydrogen-bond donors (Lipinski definition) is 1. The molecule has 3 heteroatoms. The van der Waals surface area contributed by atoms with Gasteiger partial charge < -0.3 is 10.1 Å². The second-order valence-corrected chi connectivity index (χ2v) is 4.70. The number of fused-ring (bicyclic) bond motifs is 1. The van der Waals surface area contributed by atoms with Crippen molar-refractivity contribution in [2.45, 2.75) is 6.92 Å². The number of aryl methyl sites for hydroxylation is 1. The standard InChI is InChI=1S/C17H16N2O/c1-12-3-5-13(6-4-12)20-14-7-8-17-15(11-14)16(18-2)9-10-19-17/h3-11H,1-2H3,(H,18,19). The molecule has 0 atom stereocenters. The maximum absolute atomic E-state index is 5.89. The van der Waals surface area contributed by atoms with Crippen LogP contribution in [0.25, 0.3) is 10.9 Å². The summed E-state index contributed by atoms with van der Waals surface area (Å²) in [6, 6.07) is 15.9. The summed E-state index contributed by atoms with van der Waals surface area (Å²) < 4.78 is 5.89. The highest BCUT2D eigenvalue weighted by molar-refractivity contribution is 5.91. The van der Waals surface area contributed by atoms with Gasteiger partial charge in [0, 0.05) is 24.3 Å². The largest absolute Gasteiger partial charge is 0.457 e. The van der Waals surface area contributed by atoms with Crippen molar-refractivity contribution in [2.75, 3.05) is 12.4 Å². The molecule has 0 aliphatic heterocycles. The summed E-state index contributed by atoms with van der Waals surface area (Å²) in [5, 5.41) is 4.23. The Hall–Kier alpha value is -2.55. The minimum atomic E-state index is 0.811. The van der Waals surface area contributed by atoms with E-state index in [1.165, 1.54) is 5.56 Å². The lowest BCUT2D eigenvalue weighted by molar-refractivity contribution is 0.483. The molecule has 3 aromatic rings. The van der Waals surface area contributed by atoms with E-state index in [0.29, 0.717) is 0 Å². The van der Waals surface area contributed by atoms with Crippen molar-refractivity contribution in [1.82, 2.24) is 4.98 Å². The number of rotatable bonds is 3. The number of nitrogens with one attached hydrogen (secondary N) is 1. The summed E-state index contributed by atoms with van der Waals surface area (Å²) in [5.74, 6) is 1.65. The molecule has 0 aliphatic carbocycles. The molecule has 20 heavy (non-hydrogen) atoms. The SMILES string of the molecule is CNc1ccnc2ccc(Oc3ccc(C)cc3)cc12. The van der Waals surface area contributed by atoms with E-state index in [1.54, 1.807) is 6.20 Å². The van der Waals surface area contributed by atoms with Crippen LogP contribution in [0, 0.1) is 6.92 Å². The lowest BCUT2D eigenvalue weighted by atomic mass is 10.2. The van der Waals surface area contributed by atoms with Crippen LogP contribution in [0.5, 0.6) is 11.5 Å². The second-order valence-electron chi connectivity index (χ2n) is 4.70. The molecular weight excluding hydrogens is 248 g/mol. The van der Waals surface area contributed by atoms with E-state index in [9.17, 15) is 0 Å². The molecule has 3 rings (SSSR count). The maximum Gasteiger partial charge on any atom is 0.128 e. The second kappa shape index (κ2) is 5.21. The maximum atomic E-state index is 5.89. The highest BCUT2D eigenvalue weighted by Crippen LogP contribution is 2.28. The third-order valence-corrected chi connectivity index (χ3v) is 3.24. The van der Waals surface area contributed by atoms with Gasteiger partial charge in [0.2, 0.25) is 0 Å². The van der Waals surface area contributed by atoms with Gasteiger partial charge in [0.25, 0.3) is 0 Å². The van der Waals surface area contributed by atoms with E-state index >= 15 is 0 Å². The fourth-order valence-electron chi connectivity index (χ4n) is 2.15. The molecule has 3 nitrogen and oxygen atoms in total. The summed E-state index contributed by atoms with van der Waals surface area (Å²) in [4.78, 5) is 4.35. The predicted octanol–water partition coefficient (Wildman–Crippen LogP) is 4.38. The lowest BCUT2D eigenvalue weighted by Crippen LogP contribution is -1.91. The van der Waals surface area contributed by atoms with E-state index in [0.717, 1.165) is 28.1 Å². The number of aromatic nitrogens is 1. The molecule has 0 saturated heterocycles. The zero-order valence-electron chi connectivity index (χ0n) is 11.6. The zero-order chi connectivity index (χ0) is 13.9. The van der Waals surface area contributed by atoms with Crippen molar-refractivity contribution in [3.8, 4) is 11.5 Å². The monoisotopic (exact) mass is 264 g/mol. The minimum Gasteiger partial charge on any atom is -0.457 e. The molecule has 0 amide bonds. The molecule has 1 N–H and O–H groups in total. The first-order chi connectivity index (χ1) is 9.76. The van der Waals surface area contributed by atoms with Crippen LogP contribution in [0.2, 0.25) is 0 Å². The first-order valence-corrected chi connectivity index (χ1v) is 6.57. The van der Waals surface area contributed by atoms with Gasteiger partial charge in [0.05, 0.1) is 5.52 Å². The Morgan fingerprint density at radius 2 is 1.70 bits per heavy atom. The Morgan fingerprint density at radius 1 is 0.950 bits per heavy atom. The molecular formula is C17H16N2O. The summed E-state index contributed by atoms with van der Waals surface area (Å²) in [5.41, 5.74) is 3.22. The number of anilines is 1. The van der Waals surface area contributed by atoms with Crippen molar-refractivity contribution in [2.24, 2.45) is 0 Å². The van der Waals surface area contributed by atoms with E-state index in [2.05, 4.69) is 17.2 Å². The third-order valence-electron chi connectivity index (χ3n) is 3.24. The van der Waals surface area contributed by atoms with Crippen LogP contribution >= 0.6 is 0 Å². The molecule has 100 valence electrons. The van der Waals surface area contributed by atoms with Gasteiger partial charge in [0.1, 0.15) is 11.5 Å². The van der Waals surface area contributed by atoms with Crippen LogP contribution < -0.4 is 10.1 Å². The molecule has 2 aromatic carbocycles. The van der Waals surface area contributed by atoms with Crippen LogP contribution in [-0.2, 0) is 0 Å². The smallest absolute Gasteiger partial charge is 0.128 e. The molecule has 0 bridgehead atoms. The predicted molar refractivity (Wildman–Crippen MR) is 82.5 cm³/mol. The van der Waals surface area contributed by atoms with Crippen molar-refractivity contribution in [1.29, 1.82) is 0 Å². The molecule has 1 heterocycles. The number of nitrogens with zero attached hydrogens (tertiary/aromatic N) is 1. The van der Waals surface area contributed by atoms with E-state index in [4.69, 9.17) is 4.74 Å². The van der Waals surface area contributed by atoms with Crippen molar-refractivity contribution in [3.05, 3.63) is 60.3 Å². The quantitative estimate of drug-likeness (QED) is 0.762. The van der Waals surface area contributed by atoms with Gasteiger partial charge in [-0.2, -0.15) is 0 Å². The van der Waals surface area contributed by atoms with Gasteiger partial charge in [-0.15, -0.1) is 0 Å². The summed E-state index contributed by atoms with van der Waals surface area (Å²) in [6.45, 7) is 2.06. The molecule has 0 spiro atoms. The van der Waals surface area contributed by atoms with Gasteiger partial charge >= 0.3 is 0 Å². The van der Waals surface area contributed by atoms with E-state index < -0.39 is 0 Å². The Balaban J connectivity index is 1.98. The van der Waals surface area contributed by atoms with Crippen molar-refractivity contribution >= 4 is 16.6 Å². The fraction of sp³-hybridized carbons (Fsp3) is 0.118. The molecule has 1 aromatic heterocycles. The van der Waals surface area contributed by atoms with Crippen LogP contribution in [0.3, 0.4) is 0 Å². The third kappa shape index (κ3) is 2.43. The molecule has 0 fully saturated rings.